The lowest BCUT2D eigenvalue weighted by Gasteiger charge is -2.16. The van der Waals surface area contributed by atoms with Gasteiger partial charge >= 0.3 is 0 Å². The van der Waals surface area contributed by atoms with Gasteiger partial charge in [0.15, 0.2) is 0 Å². The molecule has 1 saturated heterocycles. The van der Waals surface area contributed by atoms with Crippen LogP contribution >= 0.6 is 0 Å². The number of hydrogen-bond acceptors (Lipinski definition) is 2. The molecule has 3 rings (SSSR count). The maximum atomic E-state index is 14.2. The Hall–Kier alpha value is -2.27. The number of aliphatic hydroxyl groups excluding tert-OH is 1. The van der Waals surface area contributed by atoms with Crippen LogP contribution in [0.2, 0.25) is 0 Å². The molecule has 0 saturated carbocycles. The van der Waals surface area contributed by atoms with Gasteiger partial charge in [-0.15, -0.1) is 0 Å². The number of hydrogen-bond donors (Lipinski definition) is 1. The van der Waals surface area contributed by atoms with Crippen molar-refractivity contribution < 1.29 is 18.7 Å². The maximum Gasteiger partial charge on any atom is 0.256 e. The second-order valence-electron chi connectivity index (χ2n) is 5.40. The Labute approximate surface area is 126 Å². The molecule has 1 atom stereocenters. The van der Waals surface area contributed by atoms with Gasteiger partial charge in [-0.1, -0.05) is 18.2 Å². The molecule has 1 N–H and O–H groups in total. The first-order valence-corrected chi connectivity index (χ1v) is 7.07. The SMILES string of the molecule is O=C(c1ccc(-c2ccc(F)cc2)cc1F)N1CC[C@@H](O)C1. The van der Waals surface area contributed by atoms with Crippen LogP contribution in [-0.2, 0) is 0 Å². The molecular formula is C17H15F2NO2. The van der Waals surface area contributed by atoms with Crippen molar-refractivity contribution in [2.24, 2.45) is 0 Å². The van der Waals surface area contributed by atoms with Crippen LogP contribution in [0.3, 0.4) is 0 Å². The van der Waals surface area contributed by atoms with Crippen LogP contribution in [0.4, 0.5) is 8.78 Å². The highest BCUT2D eigenvalue weighted by atomic mass is 19.1. The van der Waals surface area contributed by atoms with Crippen molar-refractivity contribution in [3.8, 4) is 11.1 Å². The first kappa shape index (κ1) is 14.7. The number of benzene rings is 2. The fraction of sp³-hybridized carbons (Fsp3) is 0.235. The third-order valence-corrected chi connectivity index (χ3v) is 3.83. The first-order valence-electron chi connectivity index (χ1n) is 7.07. The summed E-state index contributed by atoms with van der Waals surface area (Å²) >= 11 is 0. The molecule has 2 aromatic carbocycles. The van der Waals surface area contributed by atoms with E-state index in [1.807, 2.05) is 0 Å². The van der Waals surface area contributed by atoms with E-state index < -0.39 is 17.8 Å². The molecule has 1 heterocycles. The van der Waals surface area contributed by atoms with Gasteiger partial charge in [0.2, 0.25) is 0 Å². The van der Waals surface area contributed by atoms with Gasteiger partial charge < -0.3 is 10.0 Å². The second kappa shape index (κ2) is 5.85. The van der Waals surface area contributed by atoms with Gasteiger partial charge in [-0.05, 0) is 41.8 Å². The Morgan fingerprint density at radius 1 is 1.09 bits per heavy atom. The molecule has 1 amide bonds. The highest BCUT2D eigenvalue weighted by Crippen LogP contribution is 2.24. The average molecular weight is 303 g/mol. The van der Waals surface area contributed by atoms with E-state index in [1.165, 1.54) is 29.2 Å². The molecule has 0 spiro atoms. The van der Waals surface area contributed by atoms with Crippen molar-refractivity contribution in [2.45, 2.75) is 12.5 Å². The van der Waals surface area contributed by atoms with E-state index in [0.717, 1.165) is 0 Å². The average Bonchev–Trinajstić information content (AvgIpc) is 2.94. The Balaban J connectivity index is 1.86. The number of carbonyl (C=O) groups excluding carboxylic acids is 1. The largest absolute Gasteiger partial charge is 0.391 e. The lowest BCUT2D eigenvalue weighted by Crippen LogP contribution is -2.30. The van der Waals surface area contributed by atoms with Gasteiger partial charge in [0.25, 0.3) is 5.91 Å². The van der Waals surface area contributed by atoms with Crippen molar-refractivity contribution in [3.63, 3.8) is 0 Å². The van der Waals surface area contributed by atoms with Crippen molar-refractivity contribution >= 4 is 5.91 Å². The van der Waals surface area contributed by atoms with Crippen LogP contribution in [0, 0.1) is 11.6 Å². The normalized spacial score (nSPS) is 17.8. The van der Waals surface area contributed by atoms with Crippen molar-refractivity contribution in [3.05, 3.63) is 59.7 Å². The number of amides is 1. The van der Waals surface area contributed by atoms with E-state index >= 15 is 0 Å². The lowest BCUT2D eigenvalue weighted by atomic mass is 10.0. The predicted molar refractivity (Wildman–Crippen MR) is 78.3 cm³/mol. The summed E-state index contributed by atoms with van der Waals surface area (Å²) in [5.74, 6) is -1.39. The Bertz CT molecular complexity index is 700. The molecule has 1 aliphatic heterocycles. The summed E-state index contributed by atoms with van der Waals surface area (Å²) in [4.78, 5) is 13.7. The van der Waals surface area contributed by atoms with Crippen molar-refractivity contribution in [2.75, 3.05) is 13.1 Å². The summed E-state index contributed by atoms with van der Waals surface area (Å²) in [5, 5.41) is 9.46. The number of likely N-dealkylation sites (tertiary alicyclic amines) is 1. The molecule has 3 nitrogen and oxygen atoms in total. The summed E-state index contributed by atoms with van der Waals surface area (Å²) in [6.45, 7) is 0.664. The topological polar surface area (TPSA) is 40.5 Å². The van der Waals surface area contributed by atoms with E-state index in [0.29, 0.717) is 24.1 Å². The first-order chi connectivity index (χ1) is 10.5. The minimum atomic E-state index is -0.617. The number of nitrogens with zero attached hydrogens (tertiary/aromatic N) is 1. The summed E-state index contributed by atoms with van der Waals surface area (Å²) in [7, 11) is 0. The molecule has 0 aromatic heterocycles. The predicted octanol–water partition coefficient (Wildman–Crippen LogP) is 2.84. The molecule has 0 aliphatic carbocycles. The monoisotopic (exact) mass is 303 g/mol. The number of β-amino-alcohol motifs (C(OH)–C–C–N with tert-alkyl or cyclic N) is 1. The maximum absolute atomic E-state index is 14.2. The molecule has 0 unspecified atom stereocenters. The second-order valence-corrected chi connectivity index (χ2v) is 5.40. The zero-order valence-electron chi connectivity index (χ0n) is 11.8. The molecule has 5 heteroatoms. The minimum absolute atomic E-state index is 0.0139. The minimum Gasteiger partial charge on any atom is -0.391 e. The highest BCUT2D eigenvalue weighted by Gasteiger charge is 2.27. The number of halogens is 2. The van der Waals surface area contributed by atoms with E-state index in [-0.39, 0.29) is 17.9 Å². The van der Waals surface area contributed by atoms with E-state index in [2.05, 4.69) is 0 Å². The summed E-state index contributed by atoms with van der Waals surface area (Å²) in [5.41, 5.74) is 1.24. The van der Waals surface area contributed by atoms with E-state index in [9.17, 15) is 18.7 Å². The number of aliphatic hydroxyl groups is 1. The van der Waals surface area contributed by atoms with Crippen LogP contribution in [0.25, 0.3) is 11.1 Å². The quantitative estimate of drug-likeness (QED) is 0.927. The lowest BCUT2D eigenvalue weighted by molar-refractivity contribution is 0.0760. The smallest absolute Gasteiger partial charge is 0.256 e. The van der Waals surface area contributed by atoms with E-state index in [1.54, 1.807) is 18.2 Å². The van der Waals surface area contributed by atoms with Gasteiger partial charge in [-0.2, -0.15) is 0 Å². The van der Waals surface area contributed by atoms with Crippen LogP contribution in [0.1, 0.15) is 16.8 Å². The Morgan fingerprint density at radius 3 is 2.36 bits per heavy atom. The fourth-order valence-corrected chi connectivity index (χ4v) is 2.61. The van der Waals surface area contributed by atoms with Gasteiger partial charge in [0, 0.05) is 13.1 Å². The van der Waals surface area contributed by atoms with Gasteiger partial charge in [-0.3, -0.25) is 4.79 Å². The Kier molecular flexibility index (Phi) is 3.90. The molecule has 1 fully saturated rings. The molecule has 0 bridgehead atoms. The van der Waals surface area contributed by atoms with Crippen LogP contribution in [0.5, 0.6) is 0 Å². The van der Waals surface area contributed by atoms with E-state index in [4.69, 9.17) is 0 Å². The van der Waals surface area contributed by atoms with Crippen molar-refractivity contribution in [1.82, 2.24) is 4.90 Å². The number of rotatable bonds is 2. The molecule has 2 aromatic rings. The summed E-state index contributed by atoms with van der Waals surface area (Å²) in [6, 6.07) is 10.1. The third kappa shape index (κ3) is 2.85. The fourth-order valence-electron chi connectivity index (χ4n) is 2.61. The molecule has 0 radical (unpaired) electrons. The van der Waals surface area contributed by atoms with Gasteiger partial charge in [-0.25, -0.2) is 8.78 Å². The molecule has 114 valence electrons. The molecular weight excluding hydrogens is 288 g/mol. The zero-order chi connectivity index (χ0) is 15.7. The summed E-state index contributed by atoms with van der Waals surface area (Å²) < 4.78 is 27.1. The number of carbonyl (C=O) groups is 1. The molecule has 1 aliphatic rings. The zero-order valence-corrected chi connectivity index (χ0v) is 11.8. The van der Waals surface area contributed by atoms with Gasteiger partial charge in [0.1, 0.15) is 11.6 Å². The standard InChI is InChI=1S/C17H15F2NO2/c18-13-4-1-11(2-5-13)12-3-6-15(16(19)9-12)17(22)20-8-7-14(21)10-20/h1-6,9,14,21H,7-8,10H2/t14-/m1/s1. The Morgan fingerprint density at radius 2 is 1.77 bits per heavy atom. The highest BCUT2D eigenvalue weighted by molar-refractivity contribution is 5.95. The molecule has 22 heavy (non-hydrogen) atoms. The van der Waals surface area contributed by atoms with Crippen molar-refractivity contribution in [1.29, 1.82) is 0 Å². The third-order valence-electron chi connectivity index (χ3n) is 3.83. The van der Waals surface area contributed by atoms with Crippen LogP contribution < -0.4 is 0 Å². The van der Waals surface area contributed by atoms with Crippen LogP contribution in [-0.4, -0.2) is 35.1 Å². The van der Waals surface area contributed by atoms with Crippen LogP contribution in [0.15, 0.2) is 42.5 Å². The summed E-state index contributed by atoms with van der Waals surface area (Å²) in [6.07, 6.45) is -0.0217. The van der Waals surface area contributed by atoms with Gasteiger partial charge in [0.05, 0.1) is 11.7 Å².